The van der Waals surface area contributed by atoms with E-state index in [4.69, 9.17) is 4.74 Å². The van der Waals surface area contributed by atoms with Crippen LogP contribution in [-0.2, 0) is 4.79 Å². The predicted octanol–water partition coefficient (Wildman–Crippen LogP) is 3.59. The molecule has 6 heteroatoms. The quantitative estimate of drug-likeness (QED) is 0.670. The minimum Gasteiger partial charge on any atom is -0.467 e. The zero-order valence-corrected chi connectivity index (χ0v) is 15.7. The molecule has 2 heterocycles. The van der Waals surface area contributed by atoms with Gasteiger partial charge in [0.25, 0.3) is 5.91 Å². The lowest BCUT2D eigenvalue weighted by atomic mass is 10.2. The number of carbonyl (C=O) groups excluding carboxylic acids is 1. The van der Waals surface area contributed by atoms with Crippen LogP contribution in [0.25, 0.3) is 11.4 Å². The largest absolute Gasteiger partial charge is 0.467 e. The first kappa shape index (κ1) is 18.5. The van der Waals surface area contributed by atoms with Crippen LogP contribution in [0.3, 0.4) is 0 Å². The fourth-order valence-corrected chi connectivity index (χ4v) is 2.69. The minimum absolute atomic E-state index is 0.0875. The molecular weight excluding hydrogens is 340 g/mol. The van der Waals surface area contributed by atoms with Gasteiger partial charge >= 0.3 is 0 Å². The third-order valence-electron chi connectivity index (χ3n) is 4.30. The van der Waals surface area contributed by atoms with Crippen molar-refractivity contribution in [2.75, 3.05) is 18.1 Å². The van der Waals surface area contributed by atoms with Gasteiger partial charge in [0.1, 0.15) is 0 Å². The summed E-state index contributed by atoms with van der Waals surface area (Å²) in [6.07, 6.45) is 3.38. The Balaban J connectivity index is 1.79. The van der Waals surface area contributed by atoms with E-state index in [1.165, 1.54) is 0 Å². The summed E-state index contributed by atoms with van der Waals surface area (Å²) in [5.41, 5.74) is 3.34. The van der Waals surface area contributed by atoms with Gasteiger partial charge in [0.05, 0.1) is 0 Å². The molecule has 0 fully saturated rings. The molecule has 0 unspecified atom stereocenters. The number of aryl methyl sites for hydroxylation is 1. The molecular formula is C21H22N4O2. The van der Waals surface area contributed by atoms with E-state index >= 15 is 0 Å². The molecule has 0 atom stereocenters. The van der Waals surface area contributed by atoms with Crippen molar-refractivity contribution in [2.24, 2.45) is 0 Å². The minimum atomic E-state index is -0.121. The molecule has 0 saturated carbocycles. The molecule has 1 amide bonds. The Hall–Kier alpha value is -3.28. The Morgan fingerprint density at radius 2 is 1.74 bits per heavy atom. The van der Waals surface area contributed by atoms with Gasteiger partial charge in [-0.15, -0.1) is 0 Å². The third-order valence-corrected chi connectivity index (χ3v) is 4.30. The van der Waals surface area contributed by atoms with Crippen molar-refractivity contribution >= 4 is 11.6 Å². The van der Waals surface area contributed by atoms with Gasteiger partial charge in [-0.25, -0.2) is 4.98 Å². The van der Waals surface area contributed by atoms with E-state index in [1.54, 1.807) is 17.3 Å². The maximum atomic E-state index is 12.6. The number of carbonyl (C=O) groups is 1. The second-order valence-corrected chi connectivity index (χ2v) is 6.06. The monoisotopic (exact) mass is 362 g/mol. The van der Waals surface area contributed by atoms with Crippen molar-refractivity contribution in [3.05, 3.63) is 66.1 Å². The number of benzene rings is 1. The number of para-hydroxylation sites is 1. The Kier molecular flexibility index (Phi) is 5.76. The molecule has 3 aromatic rings. The van der Waals surface area contributed by atoms with Crippen LogP contribution in [0.15, 0.2) is 54.9 Å². The van der Waals surface area contributed by atoms with Gasteiger partial charge < -0.3 is 9.64 Å². The van der Waals surface area contributed by atoms with Gasteiger partial charge in [-0.1, -0.05) is 18.2 Å². The number of hydrogen-bond donors (Lipinski definition) is 0. The average molecular weight is 362 g/mol. The van der Waals surface area contributed by atoms with Crippen LogP contribution in [0.4, 0.5) is 5.69 Å². The van der Waals surface area contributed by atoms with Crippen molar-refractivity contribution in [2.45, 2.75) is 20.8 Å². The summed E-state index contributed by atoms with van der Waals surface area (Å²) in [5.74, 6) is 0.856. The van der Waals surface area contributed by atoms with Crippen molar-refractivity contribution < 1.29 is 9.53 Å². The Bertz CT molecular complexity index is 914. The first-order chi connectivity index (χ1) is 13.1. The molecule has 0 aliphatic rings. The van der Waals surface area contributed by atoms with Gasteiger partial charge in [0.15, 0.2) is 12.4 Å². The van der Waals surface area contributed by atoms with Crippen molar-refractivity contribution in [3.8, 4) is 17.3 Å². The standard InChI is InChI=1S/C21H22N4O2/c1-4-25(18-8-6-5-7-9-18)19(26)14-27-21-15(2)16(3)23-20(24-21)17-10-12-22-13-11-17/h5-13H,4,14H2,1-3H3. The maximum Gasteiger partial charge on any atom is 0.264 e. The van der Waals surface area contributed by atoms with E-state index in [2.05, 4.69) is 15.0 Å². The molecule has 0 spiro atoms. The highest BCUT2D eigenvalue weighted by Crippen LogP contribution is 2.23. The SMILES string of the molecule is CCN(C(=O)COc1nc(-c2ccncc2)nc(C)c1C)c1ccccc1. The van der Waals surface area contributed by atoms with Crippen molar-refractivity contribution in [1.29, 1.82) is 0 Å². The van der Waals surface area contributed by atoms with Crippen LogP contribution in [0.5, 0.6) is 5.88 Å². The predicted molar refractivity (Wildman–Crippen MR) is 105 cm³/mol. The lowest BCUT2D eigenvalue weighted by Gasteiger charge is -2.21. The average Bonchev–Trinajstić information content (AvgIpc) is 2.71. The van der Waals surface area contributed by atoms with Gasteiger partial charge in [-0.2, -0.15) is 4.98 Å². The summed E-state index contributed by atoms with van der Waals surface area (Å²) in [4.78, 5) is 27.4. The highest BCUT2D eigenvalue weighted by atomic mass is 16.5. The lowest BCUT2D eigenvalue weighted by Crippen LogP contribution is -2.35. The van der Waals surface area contributed by atoms with Gasteiger partial charge in [-0.3, -0.25) is 9.78 Å². The number of hydrogen-bond acceptors (Lipinski definition) is 5. The van der Waals surface area contributed by atoms with Crippen LogP contribution >= 0.6 is 0 Å². The molecule has 0 saturated heterocycles. The first-order valence-electron chi connectivity index (χ1n) is 8.84. The first-order valence-corrected chi connectivity index (χ1v) is 8.84. The number of amides is 1. The normalized spacial score (nSPS) is 10.5. The Morgan fingerprint density at radius 1 is 1.04 bits per heavy atom. The molecule has 6 nitrogen and oxygen atoms in total. The topological polar surface area (TPSA) is 68.2 Å². The number of ether oxygens (including phenoxy) is 1. The van der Waals surface area contributed by atoms with Crippen LogP contribution < -0.4 is 9.64 Å². The Morgan fingerprint density at radius 3 is 2.41 bits per heavy atom. The van der Waals surface area contributed by atoms with Crippen LogP contribution in [-0.4, -0.2) is 34.0 Å². The van der Waals surface area contributed by atoms with Crippen molar-refractivity contribution in [3.63, 3.8) is 0 Å². The summed E-state index contributed by atoms with van der Waals surface area (Å²) < 4.78 is 5.79. The summed E-state index contributed by atoms with van der Waals surface area (Å²) >= 11 is 0. The second-order valence-electron chi connectivity index (χ2n) is 6.06. The molecule has 138 valence electrons. The molecule has 0 aliphatic heterocycles. The fraction of sp³-hybridized carbons (Fsp3) is 0.238. The molecule has 0 N–H and O–H groups in total. The van der Waals surface area contributed by atoms with Gasteiger partial charge in [0, 0.05) is 41.4 Å². The summed E-state index contributed by atoms with van der Waals surface area (Å²) in [7, 11) is 0. The van der Waals surface area contributed by atoms with E-state index in [0.717, 1.165) is 22.5 Å². The van der Waals surface area contributed by atoms with E-state index in [9.17, 15) is 4.79 Å². The number of nitrogens with zero attached hydrogens (tertiary/aromatic N) is 4. The van der Waals surface area contributed by atoms with E-state index in [1.807, 2.05) is 63.2 Å². The van der Waals surface area contributed by atoms with Crippen molar-refractivity contribution in [1.82, 2.24) is 15.0 Å². The van der Waals surface area contributed by atoms with Crippen LogP contribution in [0.1, 0.15) is 18.2 Å². The summed E-state index contributed by atoms with van der Waals surface area (Å²) in [6, 6.07) is 13.2. The van der Waals surface area contributed by atoms with E-state index in [0.29, 0.717) is 18.2 Å². The number of likely N-dealkylation sites (N-methyl/N-ethyl adjacent to an activating group) is 1. The molecule has 2 aromatic heterocycles. The molecule has 3 rings (SSSR count). The summed E-state index contributed by atoms with van der Waals surface area (Å²) in [5, 5.41) is 0. The highest BCUT2D eigenvalue weighted by Gasteiger charge is 2.17. The zero-order chi connectivity index (χ0) is 19.2. The fourth-order valence-electron chi connectivity index (χ4n) is 2.69. The van der Waals surface area contributed by atoms with Gasteiger partial charge in [0.2, 0.25) is 5.88 Å². The van der Waals surface area contributed by atoms with Crippen LogP contribution in [0.2, 0.25) is 0 Å². The van der Waals surface area contributed by atoms with Gasteiger partial charge in [-0.05, 0) is 45.0 Å². The highest BCUT2D eigenvalue weighted by molar-refractivity contribution is 5.94. The van der Waals surface area contributed by atoms with Crippen LogP contribution in [0, 0.1) is 13.8 Å². The second kappa shape index (κ2) is 8.40. The number of aromatic nitrogens is 3. The van der Waals surface area contributed by atoms with E-state index in [-0.39, 0.29) is 12.5 Å². The molecule has 0 radical (unpaired) electrons. The number of rotatable bonds is 6. The Labute approximate surface area is 158 Å². The van der Waals surface area contributed by atoms with E-state index < -0.39 is 0 Å². The molecule has 1 aromatic carbocycles. The smallest absolute Gasteiger partial charge is 0.264 e. The lowest BCUT2D eigenvalue weighted by molar-refractivity contribution is -0.120. The number of anilines is 1. The molecule has 0 aliphatic carbocycles. The zero-order valence-electron chi connectivity index (χ0n) is 15.7. The molecule has 0 bridgehead atoms. The maximum absolute atomic E-state index is 12.6. The number of pyridine rings is 1. The summed E-state index contributed by atoms with van der Waals surface area (Å²) in [6.45, 7) is 6.21. The third kappa shape index (κ3) is 4.28. The molecule has 27 heavy (non-hydrogen) atoms.